The topological polar surface area (TPSA) is 108 Å². The first kappa shape index (κ1) is 13.5. The van der Waals surface area contributed by atoms with E-state index in [4.69, 9.17) is 14.6 Å². The zero-order valence-electron chi connectivity index (χ0n) is 9.04. The second kappa shape index (κ2) is 4.65. The molecule has 1 aliphatic rings. The number of aliphatic hydroxyl groups excluding tert-OH is 1. The molecule has 0 amide bonds. The van der Waals surface area contributed by atoms with Crippen LogP contribution >= 0.6 is 15.9 Å². The van der Waals surface area contributed by atoms with Crippen molar-refractivity contribution in [2.75, 3.05) is 19.7 Å². The maximum Gasteiger partial charge on any atom is 0.371 e. The highest BCUT2D eigenvalue weighted by molar-refractivity contribution is 9.10. The fourth-order valence-electron chi connectivity index (χ4n) is 1.61. The lowest BCUT2D eigenvalue weighted by atomic mass is 10.1. The minimum atomic E-state index is -3.77. The Hall–Kier alpha value is -0.900. The van der Waals surface area contributed by atoms with Gasteiger partial charge in [0.15, 0.2) is 4.67 Å². The van der Waals surface area contributed by atoms with Crippen molar-refractivity contribution in [1.82, 2.24) is 4.31 Å². The highest BCUT2D eigenvalue weighted by Gasteiger charge is 2.38. The van der Waals surface area contributed by atoms with Crippen LogP contribution < -0.4 is 0 Å². The van der Waals surface area contributed by atoms with Gasteiger partial charge in [0.1, 0.15) is 4.90 Å². The van der Waals surface area contributed by atoms with Gasteiger partial charge < -0.3 is 14.6 Å². The summed E-state index contributed by atoms with van der Waals surface area (Å²) < 4.78 is 30.0. The van der Waals surface area contributed by atoms with Gasteiger partial charge in [0.25, 0.3) is 0 Å². The Bertz CT molecular complexity index is 574. The lowest BCUT2D eigenvalue weighted by molar-refractivity contribution is 0.0661. The van der Waals surface area contributed by atoms with Crippen LogP contribution in [-0.4, -0.2) is 48.6 Å². The third-order valence-electron chi connectivity index (χ3n) is 2.67. The summed E-state index contributed by atoms with van der Waals surface area (Å²) in [5.74, 6) is -1.85. The Kier molecular flexibility index (Phi) is 3.49. The molecule has 1 aromatic rings. The summed E-state index contributed by atoms with van der Waals surface area (Å²) in [5, 5.41) is 17.6. The number of carbonyl (C=O) groups is 1. The second-order valence-electron chi connectivity index (χ2n) is 3.92. The van der Waals surface area contributed by atoms with Gasteiger partial charge in [-0.05, 0) is 15.9 Å². The average molecular weight is 340 g/mol. The molecule has 1 saturated heterocycles. The highest BCUT2D eigenvalue weighted by Crippen LogP contribution is 2.32. The Morgan fingerprint density at radius 3 is 2.61 bits per heavy atom. The van der Waals surface area contributed by atoms with Crippen LogP contribution in [0.3, 0.4) is 0 Å². The van der Waals surface area contributed by atoms with E-state index in [0.29, 0.717) is 0 Å². The van der Waals surface area contributed by atoms with Crippen LogP contribution in [0.4, 0.5) is 0 Å². The largest absolute Gasteiger partial charge is 0.475 e. The van der Waals surface area contributed by atoms with Crippen molar-refractivity contribution < 1.29 is 27.8 Å². The van der Waals surface area contributed by atoms with E-state index in [9.17, 15) is 13.2 Å². The van der Waals surface area contributed by atoms with Crippen LogP contribution in [0.2, 0.25) is 0 Å². The number of sulfonamides is 1. The molecule has 0 unspecified atom stereocenters. The summed E-state index contributed by atoms with van der Waals surface area (Å²) in [6.45, 7) is 0.372. The fraction of sp³-hybridized carbons (Fsp3) is 0.444. The molecule has 7 nitrogen and oxygen atoms in total. The van der Waals surface area contributed by atoms with E-state index in [0.717, 1.165) is 10.4 Å². The van der Waals surface area contributed by atoms with Gasteiger partial charge in [-0.25, -0.2) is 13.2 Å². The van der Waals surface area contributed by atoms with Crippen LogP contribution in [0, 0.1) is 5.92 Å². The van der Waals surface area contributed by atoms with E-state index in [2.05, 4.69) is 15.9 Å². The van der Waals surface area contributed by atoms with Crippen LogP contribution in [0.1, 0.15) is 10.6 Å². The summed E-state index contributed by atoms with van der Waals surface area (Å²) in [6.07, 6.45) is 0. The molecule has 0 radical (unpaired) electrons. The number of carboxylic acid groups (broad SMARTS) is 1. The molecule has 0 aliphatic carbocycles. The van der Waals surface area contributed by atoms with E-state index in [1.165, 1.54) is 0 Å². The molecule has 1 aromatic heterocycles. The van der Waals surface area contributed by atoms with Crippen LogP contribution in [-0.2, 0) is 10.0 Å². The van der Waals surface area contributed by atoms with Crippen molar-refractivity contribution in [3.8, 4) is 0 Å². The molecule has 2 rings (SSSR count). The monoisotopic (exact) mass is 339 g/mol. The summed E-state index contributed by atoms with van der Waals surface area (Å²) in [6, 6.07) is 0.966. The first-order valence-corrected chi connectivity index (χ1v) is 7.23. The Morgan fingerprint density at radius 2 is 2.17 bits per heavy atom. The molecular formula is C9H10BrNO6S. The highest BCUT2D eigenvalue weighted by atomic mass is 79.9. The second-order valence-corrected chi connectivity index (χ2v) is 6.55. The summed E-state index contributed by atoms with van der Waals surface area (Å²) >= 11 is 2.89. The minimum Gasteiger partial charge on any atom is -0.475 e. The zero-order chi connectivity index (χ0) is 13.5. The minimum absolute atomic E-state index is 0.0654. The lowest BCUT2D eigenvalue weighted by Crippen LogP contribution is -2.51. The van der Waals surface area contributed by atoms with Crippen molar-refractivity contribution >= 4 is 31.9 Å². The fourth-order valence-corrected chi connectivity index (χ4v) is 4.10. The molecule has 9 heteroatoms. The number of nitrogens with zero attached hydrogens (tertiary/aromatic N) is 1. The number of hydrogen-bond donors (Lipinski definition) is 2. The van der Waals surface area contributed by atoms with Gasteiger partial charge in [0, 0.05) is 31.7 Å². The van der Waals surface area contributed by atoms with Gasteiger partial charge in [0.2, 0.25) is 15.8 Å². The van der Waals surface area contributed by atoms with Gasteiger partial charge >= 0.3 is 5.97 Å². The molecule has 1 fully saturated rings. The predicted molar refractivity (Wildman–Crippen MR) is 62.7 cm³/mol. The van der Waals surface area contributed by atoms with Crippen molar-refractivity contribution in [2.45, 2.75) is 4.90 Å². The molecule has 2 N–H and O–H groups in total. The SMILES string of the molecule is O=C(O)c1cc(S(=O)(=O)N2CC(CO)C2)c(Br)o1. The number of aliphatic hydroxyl groups is 1. The number of halogens is 1. The molecule has 0 aromatic carbocycles. The molecule has 0 saturated carbocycles. The smallest absolute Gasteiger partial charge is 0.371 e. The van der Waals surface area contributed by atoms with Gasteiger partial charge in [-0.1, -0.05) is 0 Å². The number of hydrogen-bond acceptors (Lipinski definition) is 5. The third kappa shape index (κ3) is 2.18. The molecule has 2 heterocycles. The summed E-state index contributed by atoms with van der Waals surface area (Å²) in [5.41, 5.74) is 0. The van der Waals surface area contributed by atoms with Crippen LogP contribution in [0.15, 0.2) is 20.0 Å². The molecule has 0 atom stereocenters. The number of carboxylic acids is 1. The quantitative estimate of drug-likeness (QED) is 0.819. The van der Waals surface area contributed by atoms with Gasteiger partial charge in [-0.15, -0.1) is 0 Å². The van der Waals surface area contributed by atoms with Gasteiger partial charge in [-0.3, -0.25) is 0 Å². The Balaban J connectivity index is 2.28. The number of furan rings is 1. The van der Waals surface area contributed by atoms with Crippen molar-refractivity contribution in [1.29, 1.82) is 0 Å². The lowest BCUT2D eigenvalue weighted by Gasteiger charge is -2.36. The Morgan fingerprint density at radius 1 is 1.56 bits per heavy atom. The summed E-state index contributed by atoms with van der Waals surface area (Å²) in [7, 11) is -3.77. The zero-order valence-corrected chi connectivity index (χ0v) is 11.4. The molecule has 0 spiro atoms. The van der Waals surface area contributed by atoms with E-state index in [1.807, 2.05) is 0 Å². The Labute approximate surface area is 111 Å². The normalized spacial score (nSPS) is 17.7. The molecule has 0 bridgehead atoms. The van der Waals surface area contributed by atoms with Crippen LogP contribution in [0.5, 0.6) is 0 Å². The molecule has 1 aliphatic heterocycles. The maximum absolute atomic E-state index is 12.1. The van der Waals surface area contributed by atoms with E-state index in [1.54, 1.807) is 0 Å². The van der Waals surface area contributed by atoms with Gasteiger partial charge in [0.05, 0.1) is 0 Å². The molecule has 18 heavy (non-hydrogen) atoms. The molecule has 100 valence electrons. The number of aromatic carboxylic acids is 1. The summed E-state index contributed by atoms with van der Waals surface area (Å²) in [4.78, 5) is 10.5. The predicted octanol–water partition coefficient (Wildman–Crippen LogP) is 0.353. The van der Waals surface area contributed by atoms with E-state index in [-0.39, 0.29) is 35.2 Å². The van der Waals surface area contributed by atoms with Crippen molar-refractivity contribution in [3.05, 3.63) is 16.5 Å². The van der Waals surface area contributed by atoms with Crippen LogP contribution in [0.25, 0.3) is 0 Å². The van der Waals surface area contributed by atoms with E-state index < -0.39 is 21.8 Å². The first-order chi connectivity index (χ1) is 8.36. The average Bonchev–Trinajstić information content (AvgIpc) is 2.59. The van der Waals surface area contributed by atoms with Gasteiger partial charge in [-0.2, -0.15) is 4.31 Å². The maximum atomic E-state index is 12.1. The van der Waals surface area contributed by atoms with Crippen molar-refractivity contribution in [2.24, 2.45) is 5.92 Å². The standard InChI is InChI=1S/C9H10BrNO6S/c10-8-7(1-6(17-8)9(13)14)18(15,16)11-2-5(3-11)4-12/h1,5,12H,2-4H2,(H,13,14). The van der Waals surface area contributed by atoms with Crippen molar-refractivity contribution in [3.63, 3.8) is 0 Å². The first-order valence-electron chi connectivity index (χ1n) is 5.00. The third-order valence-corrected chi connectivity index (χ3v) is 5.35. The van der Waals surface area contributed by atoms with E-state index >= 15 is 0 Å². The molecular weight excluding hydrogens is 330 g/mol. The number of rotatable bonds is 4.